The molecule has 1 atom stereocenters. The molecule has 0 aromatic heterocycles. The lowest BCUT2D eigenvalue weighted by Gasteiger charge is -2.26. The molecule has 0 aliphatic heterocycles. The van der Waals surface area contributed by atoms with Gasteiger partial charge in [-0.25, -0.2) is 0 Å². The topological polar surface area (TPSA) is 21.3 Å². The average Bonchev–Trinajstić information content (AvgIpc) is 2.73. The number of ether oxygens (including phenoxy) is 1. The van der Waals surface area contributed by atoms with Gasteiger partial charge in [0, 0.05) is 12.2 Å². The predicted molar refractivity (Wildman–Crippen MR) is 112 cm³/mol. The largest absolute Gasteiger partial charge is 0.497 e. The van der Waals surface area contributed by atoms with Crippen LogP contribution in [0.2, 0.25) is 0 Å². The van der Waals surface area contributed by atoms with Crippen LogP contribution in [0, 0.1) is 5.92 Å². The number of rotatable bonds is 6. The van der Waals surface area contributed by atoms with E-state index in [1.165, 1.54) is 34.4 Å². The number of methoxy groups -OCH3 is 1. The van der Waals surface area contributed by atoms with Crippen LogP contribution in [0.15, 0.2) is 72.8 Å². The van der Waals surface area contributed by atoms with E-state index < -0.39 is 0 Å². The number of anilines is 1. The molecule has 1 aliphatic carbocycles. The first kappa shape index (κ1) is 17.7. The number of aryl methyl sites for hydroxylation is 1. The van der Waals surface area contributed by atoms with Crippen molar-refractivity contribution in [1.29, 1.82) is 0 Å². The standard InChI is InChI=1S/C25H27NO/c1-27-24-14-13-21-15-20(11-12-22(21)17-24)16-23-9-5-6-10-25(23)26-18-19-7-3-2-4-8-19/h2-10,13-14,17,20,26H,11-12,15-16,18H2,1H3. The molecule has 1 unspecified atom stereocenters. The number of benzene rings is 3. The highest BCUT2D eigenvalue weighted by atomic mass is 16.5. The Hall–Kier alpha value is -2.74. The summed E-state index contributed by atoms with van der Waals surface area (Å²) in [5, 5.41) is 3.64. The van der Waals surface area contributed by atoms with Gasteiger partial charge in [0.05, 0.1) is 7.11 Å². The molecule has 0 fully saturated rings. The third-order valence-corrected chi connectivity index (χ3v) is 5.60. The molecule has 0 radical (unpaired) electrons. The van der Waals surface area contributed by atoms with Gasteiger partial charge in [-0.15, -0.1) is 0 Å². The van der Waals surface area contributed by atoms with Crippen molar-refractivity contribution in [3.63, 3.8) is 0 Å². The molecule has 138 valence electrons. The predicted octanol–water partition coefficient (Wildman–Crippen LogP) is 5.65. The van der Waals surface area contributed by atoms with Crippen molar-refractivity contribution < 1.29 is 4.74 Å². The lowest BCUT2D eigenvalue weighted by atomic mass is 9.80. The van der Waals surface area contributed by atoms with E-state index in [1.807, 2.05) is 0 Å². The van der Waals surface area contributed by atoms with E-state index in [-0.39, 0.29) is 0 Å². The smallest absolute Gasteiger partial charge is 0.119 e. The van der Waals surface area contributed by atoms with Crippen molar-refractivity contribution in [2.75, 3.05) is 12.4 Å². The fourth-order valence-electron chi connectivity index (χ4n) is 4.08. The maximum atomic E-state index is 5.37. The molecule has 0 spiro atoms. The highest BCUT2D eigenvalue weighted by Gasteiger charge is 2.20. The van der Waals surface area contributed by atoms with Gasteiger partial charge < -0.3 is 10.1 Å². The van der Waals surface area contributed by atoms with Crippen molar-refractivity contribution in [2.45, 2.75) is 32.2 Å². The summed E-state index contributed by atoms with van der Waals surface area (Å²) in [5.74, 6) is 1.67. The Kier molecular flexibility index (Phi) is 5.43. The average molecular weight is 357 g/mol. The third kappa shape index (κ3) is 4.33. The van der Waals surface area contributed by atoms with Crippen molar-refractivity contribution >= 4 is 5.69 Å². The molecular formula is C25H27NO. The first-order chi connectivity index (χ1) is 13.3. The van der Waals surface area contributed by atoms with Gasteiger partial charge in [-0.2, -0.15) is 0 Å². The van der Waals surface area contributed by atoms with Gasteiger partial charge in [-0.1, -0.05) is 54.6 Å². The molecule has 1 aliphatic rings. The Morgan fingerprint density at radius 2 is 1.74 bits per heavy atom. The minimum atomic E-state index is 0.700. The Morgan fingerprint density at radius 3 is 2.59 bits per heavy atom. The lowest BCUT2D eigenvalue weighted by Crippen LogP contribution is -2.17. The Labute approximate surface area is 162 Å². The molecule has 27 heavy (non-hydrogen) atoms. The molecule has 2 nitrogen and oxygen atoms in total. The molecule has 0 saturated carbocycles. The van der Waals surface area contributed by atoms with E-state index in [0.29, 0.717) is 5.92 Å². The van der Waals surface area contributed by atoms with Crippen LogP contribution in [-0.2, 0) is 25.8 Å². The molecule has 3 aromatic rings. The second-order valence-electron chi connectivity index (χ2n) is 7.44. The first-order valence-electron chi connectivity index (χ1n) is 9.83. The third-order valence-electron chi connectivity index (χ3n) is 5.60. The summed E-state index contributed by atoms with van der Waals surface area (Å²) in [5.41, 5.74) is 6.95. The van der Waals surface area contributed by atoms with Crippen LogP contribution < -0.4 is 10.1 Å². The van der Waals surface area contributed by atoms with E-state index in [0.717, 1.165) is 31.6 Å². The maximum Gasteiger partial charge on any atom is 0.119 e. The minimum Gasteiger partial charge on any atom is -0.497 e. The maximum absolute atomic E-state index is 5.37. The van der Waals surface area contributed by atoms with Crippen LogP contribution in [0.1, 0.15) is 28.7 Å². The van der Waals surface area contributed by atoms with Gasteiger partial charge in [0.1, 0.15) is 5.75 Å². The first-order valence-corrected chi connectivity index (χ1v) is 9.83. The molecule has 2 heteroatoms. The number of fused-ring (bicyclic) bond motifs is 1. The molecule has 1 N–H and O–H groups in total. The molecule has 4 rings (SSSR count). The van der Waals surface area contributed by atoms with Gasteiger partial charge in [-0.05, 0) is 72.1 Å². The van der Waals surface area contributed by atoms with Crippen LogP contribution in [-0.4, -0.2) is 7.11 Å². The summed E-state index contributed by atoms with van der Waals surface area (Å²) in [4.78, 5) is 0. The molecule has 0 bridgehead atoms. The monoisotopic (exact) mass is 357 g/mol. The number of para-hydroxylation sites is 1. The zero-order chi connectivity index (χ0) is 18.5. The Morgan fingerprint density at radius 1 is 0.926 bits per heavy atom. The SMILES string of the molecule is COc1ccc2c(c1)CCC(Cc1ccccc1NCc1ccccc1)C2. The second-order valence-corrected chi connectivity index (χ2v) is 7.44. The fourth-order valence-corrected chi connectivity index (χ4v) is 4.08. The molecular weight excluding hydrogens is 330 g/mol. The Bertz CT molecular complexity index is 888. The normalized spacial score (nSPS) is 15.8. The van der Waals surface area contributed by atoms with Crippen molar-refractivity contribution in [3.8, 4) is 5.75 Å². The van der Waals surface area contributed by atoms with Crippen LogP contribution in [0.5, 0.6) is 5.75 Å². The van der Waals surface area contributed by atoms with Crippen LogP contribution in [0.3, 0.4) is 0 Å². The van der Waals surface area contributed by atoms with Gasteiger partial charge in [0.2, 0.25) is 0 Å². The van der Waals surface area contributed by atoms with E-state index in [2.05, 4.69) is 78.1 Å². The zero-order valence-electron chi connectivity index (χ0n) is 15.9. The quantitative estimate of drug-likeness (QED) is 0.615. The van der Waals surface area contributed by atoms with Crippen molar-refractivity contribution in [3.05, 3.63) is 95.1 Å². The van der Waals surface area contributed by atoms with E-state index >= 15 is 0 Å². The number of hydrogen-bond donors (Lipinski definition) is 1. The van der Waals surface area contributed by atoms with E-state index in [4.69, 9.17) is 4.74 Å². The van der Waals surface area contributed by atoms with Gasteiger partial charge in [0.15, 0.2) is 0 Å². The highest BCUT2D eigenvalue weighted by molar-refractivity contribution is 5.52. The van der Waals surface area contributed by atoms with E-state index in [1.54, 1.807) is 7.11 Å². The van der Waals surface area contributed by atoms with Crippen LogP contribution >= 0.6 is 0 Å². The summed E-state index contributed by atoms with van der Waals surface area (Å²) >= 11 is 0. The number of hydrogen-bond acceptors (Lipinski definition) is 2. The molecule has 0 amide bonds. The highest BCUT2D eigenvalue weighted by Crippen LogP contribution is 2.31. The van der Waals surface area contributed by atoms with Crippen molar-refractivity contribution in [1.82, 2.24) is 0 Å². The summed E-state index contributed by atoms with van der Waals surface area (Å²) in [6.07, 6.45) is 4.68. The summed E-state index contributed by atoms with van der Waals surface area (Å²) in [6, 6.07) is 25.9. The van der Waals surface area contributed by atoms with Crippen molar-refractivity contribution in [2.24, 2.45) is 5.92 Å². The summed E-state index contributed by atoms with van der Waals surface area (Å²) in [6.45, 7) is 0.866. The summed E-state index contributed by atoms with van der Waals surface area (Å²) in [7, 11) is 1.74. The lowest BCUT2D eigenvalue weighted by molar-refractivity contribution is 0.410. The van der Waals surface area contributed by atoms with Crippen LogP contribution in [0.4, 0.5) is 5.69 Å². The number of nitrogens with one attached hydrogen (secondary N) is 1. The zero-order valence-corrected chi connectivity index (χ0v) is 15.9. The van der Waals surface area contributed by atoms with Gasteiger partial charge in [0.25, 0.3) is 0 Å². The van der Waals surface area contributed by atoms with Gasteiger partial charge >= 0.3 is 0 Å². The Balaban J connectivity index is 1.44. The van der Waals surface area contributed by atoms with Gasteiger partial charge in [-0.3, -0.25) is 0 Å². The van der Waals surface area contributed by atoms with E-state index in [9.17, 15) is 0 Å². The summed E-state index contributed by atoms with van der Waals surface area (Å²) < 4.78 is 5.37. The second kappa shape index (κ2) is 8.30. The molecule has 0 heterocycles. The minimum absolute atomic E-state index is 0.700. The van der Waals surface area contributed by atoms with Crippen LogP contribution in [0.25, 0.3) is 0 Å². The fraction of sp³-hybridized carbons (Fsp3) is 0.280. The molecule has 0 saturated heterocycles. The molecule has 3 aromatic carbocycles.